The first-order valence-corrected chi connectivity index (χ1v) is 7.44. The number of hydrogen-bond donors (Lipinski definition) is 1. The fourth-order valence-electron chi connectivity index (χ4n) is 2.05. The Labute approximate surface area is 123 Å². The molecule has 1 N–H and O–H groups in total. The molecule has 1 aromatic rings. The number of nitrogens with zero attached hydrogens (tertiary/aromatic N) is 1. The Hall–Kier alpha value is -0.390. The molecule has 0 radical (unpaired) electrons. The fraction of sp³-hybridized carbons (Fsp3) is 0.462. The molecule has 0 atom stereocenters. The van der Waals surface area contributed by atoms with E-state index < -0.39 is 5.60 Å². The van der Waals surface area contributed by atoms with E-state index in [2.05, 4.69) is 31.9 Å². The lowest BCUT2D eigenvalue weighted by molar-refractivity contribution is -0.00202. The number of amides is 1. The molecule has 0 bridgehead atoms. The zero-order chi connectivity index (χ0) is 13.3. The van der Waals surface area contributed by atoms with E-state index in [1.807, 2.05) is 25.1 Å². The summed E-state index contributed by atoms with van der Waals surface area (Å²) < 4.78 is 1.76. The molecule has 1 fully saturated rings. The molecular weight excluding hydrogens is 362 g/mol. The molecule has 1 heterocycles. The summed E-state index contributed by atoms with van der Waals surface area (Å²) in [5.74, 6) is 0.0208. The third kappa shape index (κ3) is 3.33. The van der Waals surface area contributed by atoms with Gasteiger partial charge in [0.15, 0.2) is 0 Å². The zero-order valence-corrected chi connectivity index (χ0v) is 13.3. The Morgan fingerprint density at radius 3 is 2.22 bits per heavy atom. The van der Waals surface area contributed by atoms with Crippen molar-refractivity contribution in [3.63, 3.8) is 0 Å². The van der Waals surface area contributed by atoms with E-state index in [0.717, 1.165) is 8.95 Å². The first-order chi connectivity index (χ1) is 8.37. The largest absolute Gasteiger partial charge is 0.390 e. The van der Waals surface area contributed by atoms with Crippen LogP contribution in [0.1, 0.15) is 30.1 Å². The number of rotatable bonds is 1. The number of carbonyl (C=O) groups is 1. The Morgan fingerprint density at radius 2 is 1.72 bits per heavy atom. The topological polar surface area (TPSA) is 40.5 Å². The highest BCUT2D eigenvalue weighted by Gasteiger charge is 2.30. The van der Waals surface area contributed by atoms with E-state index >= 15 is 0 Å². The molecule has 0 aliphatic carbocycles. The van der Waals surface area contributed by atoms with Crippen molar-refractivity contribution in [1.82, 2.24) is 4.90 Å². The van der Waals surface area contributed by atoms with Gasteiger partial charge in [-0.15, -0.1) is 0 Å². The maximum atomic E-state index is 12.3. The predicted molar refractivity (Wildman–Crippen MR) is 77.6 cm³/mol. The van der Waals surface area contributed by atoms with Crippen molar-refractivity contribution in [2.45, 2.75) is 25.4 Å². The van der Waals surface area contributed by atoms with Gasteiger partial charge in [-0.2, -0.15) is 0 Å². The van der Waals surface area contributed by atoms with Crippen LogP contribution < -0.4 is 0 Å². The molecule has 1 amide bonds. The Kier molecular flexibility index (Phi) is 4.14. The lowest BCUT2D eigenvalue weighted by atomic mass is 9.93. The molecule has 0 unspecified atom stereocenters. The van der Waals surface area contributed by atoms with Crippen LogP contribution in [0.5, 0.6) is 0 Å². The van der Waals surface area contributed by atoms with Crippen LogP contribution in [-0.4, -0.2) is 34.6 Å². The minimum Gasteiger partial charge on any atom is -0.390 e. The smallest absolute Gasteiger partial charge is 0.253 e. The second kappa shape index (κ2) is 5.31. The molecule has 2 rings (SSSR count). The Morgan fingerprint density at radius 1 is 1.22 bits per heavy atom. The average molecular weight is 377 g/mol. The van der Waals surface area contributed by atoms with Crippen LogP contribution in [-0.2, 0) is 0 Å². The second-order valence-electron chi connectivity index (χ2n) is 4.95. The quantitative estimate of drug-likeness (QED) is 0.817. The van der Waals surface area contributed by atoms with Gasteiger partial charge in [0.2, 0.25) is 0 Å². The normalized spacial score (nSPS) is 18.8. The molecule has 1 aromatic carbocycles. The van der Waals surface area contributed by atoms with Crippen molar-refractivity contribution in [2.75, 3.05) is 13.1 Å². The molecule has 98 valence electrons. The molecule has 3 nitrogen and oxygen atoms in total. The fourth-order valence-corrected chi connectivity index (χ4v) is 3.35. The monoisotopic (exact) mass is 375 g/mol. The standard InChI is InChI=1S/C13H15Br2NO2/c1-13(18)2-4-16(5-3-13)12(17)9-6-10(14)8-11(15)7-9/h6-8,18H,2-5H2,1H3. The highest BCUT2D eigenvalue weighted by Crippen LogP contribution is 2.25. The van der Waals surface area contributed by atoms with Gasteiger partial charge in [0.1, 0.15) is 0 Å². The van der Waals surface area contributed by atoms with E-state index in [-0.39, 0.29) is 5.91 Å². The van der Waals surface area contributed by atoms with Crippen molar-refractivity contribution < 1.29 is 9.90 Å². The van der Waals surface area contributed by atoms with E-state index in [0.29, 0.717) is 31.5 Å². The summed E-state index contributed by atoms with van der Waals surface area (Å²) in [4.78, 5) is 14.1. The SMILES string of the molecule is CC1(O)CCN(C(=O)c2cc(Br)cc(Br)c2)CC1. The molecule has 1 aliphatic rings. The van der Waals surface area contributed by atoms with Crippen LogP contribution in [0.3, 0.4) is 0 Å². The summed E-state index contributed by atoms with van der Waals surface area (Å²) in [7, 11) is 0. The number of piperidine rings is 1. The number of halogens is 2. The van der Waals surface area contributed by atoms with Crippen LogP contribution in [0, 0.1) is 0 Å². The third-order valence-electron chi connectivity index (χ3n) is 3.24. The molecule has 1 saturated heterocycles. The van der Waals surface area contributed by atoms with Gasteiger partial charge in [-0.05, 0) is 38.0 Å². The molecule has 1 aliphatic heterocycles. The van der Waals surface area contributed by atoms with Crippen LogP contribution in [0.25, 0.3) is 0 Å². The summed E-state index contributed by atoms with van der Waals surface area (Å²) in [6, 6.07) is 5.54. The number of carbonyl (C=O) groups excluding carboxylic acids is 1. The van der Waals surface area contributed by atoms with Crippen molar-refractivity contribution in [3.05, 3.63) is 32.7 Å². The van der Waals surface area contributed by atoms with Gasteiger partial charge >= 0.3 is 0 Å². The number of hydrogen-bond acceptors (Lipinski definition) is 2. The van der Waals surface area contributed by atoms with Crippen LogP contribution in [0.15, 0.2) is 27.1 Å². The van der Waals surface area contributed by atoms with Crippen LogP contribution in [0.2, 0.25) is 0 Å². The summed E-state index contributed by atoms with van der Waals surface area (Å²) in [5, 5.41) is 9.88. The number of likely N-dealkylation sites (tertiary alicyclic amines) is 1. The van der Waals surface area contributed by atoms with E-state index in [1.54, 1.807) is 4.90 Å². The minimum atomic E-state index is -0.630. The van der Waals surface area contributed by atoms with Gasteiger partial charge in [-0.25, -0.2) is 0 Å². The highest BCUT2D eigenvalue weighted by molar-refractivity contribution is 9.11. The van der Waals surface area contributed by atoms with Gasteiger partial charge < -0.3 is 10.0 Å². The van der Waals surface area contributed by atoms with Gasteiger partial charge in [-0.1, -0.05) is 31.9 Å². The minimum absolute atomic E-state index is 0.0208. The molecule has 0 saturated carbocycles. The predicted octanol–water partition coefficient (Wildman–Crippen LogP) is 3.20. The maximum Gasteiger partial charge on any atom is 0.253 e. The molecule has 0 aromatic heterocycles. The number of aliphatic hydroxyl groups is 1. The van der Waals surface area contributed by atoms with E-state index in [4.69, 9.17) is 0 Å². The molecule has 0 spiro atoms. The van der Waals surface area contributed by atoms with Crippen molar-refractivity contribution >= 4 is 37.8 Å². The molecular formula is C13H15Br2NO2. The second-order valence-corrected chi connectivity index (χ2v) is 6.78. The van der Waals surface area contributed by atoms with Crippen LogP contribution in [0.4, 0.5) is 0 Å². The van der Waals surface area contributed by atoms with Gasteiger partial charge in [0.05, 0.1) is 5.60 Å². The summed E-state index contributed by atoms with van der Waals surface area (Å²) in [6.45, 7) is 3.04. The van der Waals surface area contributed by atoms with Crippen molar-refractivity contribution in [1.29, 1.82) is 0 Å². The van der Waals surface area contributed by atoms with E-state index in [1.165, 1.54) is 0 Å². The number of benzene rings is 1. The first kappa shape index (κ1) is 14.0. The molecule has 5 heteroatoms. The Balaban J connectivity index is 2.12. The zero-order valence-electron chi connectivity index (χ0n) is 10.1. The first-order valence-electron chi connectivity index (χ1n) is 5.85. The Bertz CT molecular complexity index is 444. The third-order valence-corrected chi connectivity index (χ3v) is 4.15. The summed E-state index contributed by atoms with van der Waals surface area (Å²) in [6.07, 6.45) is 1.27. The van der Waals surface area contributed by atoms with Gasteiger partial charge in [-0.3, -0.25) is 4.79 Å². The maximum absolute atomic E-state index is 12.3. The highest BCUT2D eigenvalue weighted by atomic mass is 79.9. The van der Waals surface area contributed by atoms with E-state index in [9.17, 15) is 9.90 Å². The van der Waals surface area contributed by atoms with Gasteiger partial charge in [0.25, 0.3) is 5.91 Å². The van der Waals surface area contributed by atoms with Gasteiger partial charge in [0, 0.05) is 27.6 Å². The van der Waals surface area contributed by atoms with Crippen molar-refractivity contribution in [3.8, 4) is 0 Å². The summed E-state index contributed by atoms with van der Waals surface area (Å²) >= 11 is 6.77. The van der Waals surface area contributed by atoms with Crippen LogP contribution >= 0.6 is 31.9 Å². The average Bonchev–Trinajstić information content (AvgIpc) is 2.27. The molecule has 18 heavy (non-hydrogen) atoms. The lowest BCUT2D eigenvalue weighted by Gasteiger charge is -2.35. The van der Waals surface area contributed by atoms with Crippen molar-refractivity contribution in [2.24, 2.45) is 0 Å². The summed E-state index contributed by atoms with van der Waals surface area (Å²) in [5.41, 5.74) is 0.0343. The lowest BCUT2D eigenvalue weighted by Crippen LogP contribution is -2.45.